The van der Waals surface area contributed by atoms with Crippen molar-refractivity contribution in [1.29, 1.82) is 0 Å². The molecule has 1 aromatic rings. The van der Waals surface area contributed by atoms with Crippen molar-refractivity contribution in [3.63, 3.8) is 0 Å². The molecule has 0 aliphatic carbocycles. The van der Waals surface area contributed by atoms with Gasteiger partial charge in [-0.25, -0.2) is 0 Å². The van der Waals surface area contributed by atoms with Gasteiger partial charge in [0.05, 0.1) is 19.1 Å². The number of piperidine rings is 1. The highest BCUT2D eigenvalue weighted by Crippen LogP contribution is 2.19. The number of alkyl halides is 1. The molecular weight excluding hydrogens is 278 g/mol. The van der Waals surface area contributed by atoms with Crippen molar-refractivity contribution in [3.8, 4) is 5.75 Å². The van der Waals surface area contributed by atoms with Gasteiger partial charge in [0.25, 0.3) is 0 Å². The van der Waals surface area contributed by atoms with Gasteiger partial charge in [-0.15, -0.1) is 11.6 Å². The summed E-state index contributed by atoms with van der Waals surface area (Å²) in [5.41, 5.74) is 0.679. The van der Waals surface area contributed by atoms with Gasteiger partial charge >= 0.3 is 0 Å². The van der Waals surface area contributed by atoms with Crippen LogP contribution in [0, 0.1) is 0 Å². The van der Waals surface area contributed by atoms with Gasteiger partial charge in [-0.1, -0.05) is 18.2 Å². The first kappa shape index (κ1) is 15.1. The fourth-order valence-electron chi connectivity index (χ4n) is 2.42. The quantitative estimate of drug-likeness (QED) is 0.848. The lowest BCUT2D eigenvalue weighted by molar-refractivity contribution is -0.133. The number of ether oxygens (including phenoxy) is 1. The van der Waals surface area contributed by atoms with E-state index in [1.54, 1.807) is 18.2 Å². The van der Waals surface area contributed by atoms with Gasteiger partial charge in [0.2, 0.25) is 5.91 Å². The number of phenolic OH excluding ortho intramolecular Hbond substituents is 1. The summed E-state index contributed by atoms with van der Waals surface area (Å²) < 4.78 is 5.59. The van der Waals surface area contributed by atoms with Crippen LogP contribution in [0.15, 0.2) is 24.3 Å². The van der Waals surface area contributed by atoms with E-state index in [0.717, 1.165) is 12.8 Å². The summed E-state index contributed by atoms with van der Waals surface area (Å²) in [4.78, 5) is 14.0. The van der Waals surface area contributed by atoms with Crippen LogP contribution >= 0.6 is 11.6 Å². The fraction of sp³-hybridized carbons (Fsp3) is 0.533. The minimum absolute atomic E-state index is 0.0577. The van der Waals surface area contributed by atoms with Crippen LogP contribution in [0.1, 0.15) is 18.4 Å². The summed E-state index contributed by atoms with van der Waals surface area (Å²) in [6, 6.07) is 6.97. The van der Waals surface area contributed by atoms with Crippen LogP contribution in [0.2, 0.25) is 0 Å². The molecule has 1 fully saturated rings. The van der Waals surface area contributed by atoms with Gasteiger partial charge < -0.3 is 14.7 Å². The van der Waals surface area contributed by atoms with Crippen LogP contribution in [0.25, 0.3) is 0 Å². The van der Waals surface area contributed by atoms with E-state index in [1.165, 1.54) is 0 Å². The standard InChI is InChI=1S/C15H20ClNO3/c16-7-10-20-13-5-8-17(9-6-13)15(19)11-12-3-1-2-4-14(12)18/h1-4,13,18H,5-11H2. The molecule has 1 amide bonds. The number of benzene rings is 1. The molecule has 0 radical (unpaired) electrons. The van der Waals surface area contributed by atoms with E-state index >= 15 is 0 Å². The molecule has 1 aliphatic rings. The summed E-state index contributed by atoms with van der Waals surface area (Å²) in [5, 5.41) is 9.69. The smallest absolute Gasteiger partial charge is 0.227 e. The van der Waals surface area contributed by atoms with Crippen molar-refractivity contribution in [2.24, 2.45) is 0 Å². The fourth-order valence-corrected chi connectivity index (χ4v) is 2.51. The Morgan fingerprint density at radius 3 is 2.70 bits per heavy atom. The summed E-state index contributed by atoms with van der Waals surface area (Å²) in [6.07, 6.45) is 2.16. The number of aromatic hydroxyl groups is 1. The predicted molar refractivity (Wildman–Crippen MR) is 78.1 cm³/mol. The first-order valence-corrected chi connectivity index (χ1v) is 7.46. The summed E-state index contributed by atoms with van der Waals surface area (Å²) in [6.45, 7) is 1.98. The van der Waals surface area contributed by atoms with Crippen LogP contribution in [0.4, 0.5) is 0 Å². The second-order valence-electron chi connectivity index (χ2n) is 4.95. The maximum absolute atomic E-state index is 12.2. The topological polar surface area (TPSA) is 49.8 Å². The molecule has 1 saturated heterocycles. The maximum Gasteiger partial charge on any atom is 0.227 e. The van der Waals surface area contributed by atoms with Gasteiger partial charge in [-0.05, 0) is 18.9 Å². The third-order valence-electron chi connectivity index (χ3n) is 3.56. The molecule has 5 heteroatoms. The number of carbonyl (C=O) groups excluding carboxylic acids is 1. The highest BCUT2D eigenvalue weighted by atomic mass is 35.5. The molecule has 110 valence electrons. The molecule has 4 nitrogen and oxygen atoms in total. The number of nitrogens with zero attached hydrogens (tertiary/aromatic N) is 1. The Labute approximate surface area is 124 Å². The Morgan fingerprint density at radius 2 is 2.05 bits per heavy atom. The van der Waals surface area contributed by atoms with Crippen molar-refractivity contribution in [3.05, 3.63) is 29.8 Å². The van der Waals surface area contributed by atoms with Crippen molar-refractivity contribution in [2.45, 2.75) is 25.4 Å². The molecule has 1 aliphatic heterocycles. The van der Waals surface area contributed by atoms with E-state index in [0.29, 0.717) is 31.1 Å². The van der Waals surface area contributed by atoms with Crippen LogP contribution in [0.3, 0.4) is 0 Å². The molecule has 1 heterocycles. The van der Waals surface area contributed by atoms with Crippen LogP contribution in [-0.2, 0) is 16.0 Å². The third kappa shape index (κ3) is 4.12. The highest BCUT2D eigenvalue weighted by Gasteiger charge is 2.23. The zero-order chi connectivity index (χ0) is 14.4. The van der Waals surface area contributed by atoms with Crippen LogP contribution in [0.5, 0.6) is 5.75 Å². The van der Waals surface area contributed by atoms with E-state index in [1.807, 2.05) is 11.0 Å². The number of phenols is 1. The van der Waals surface area contributed by atoms with Crippen molar-refractivity contribution >= 4 is 17.5 Å². The first-order valence-electron chi connectivity index (χ1n) is 6.93. The number of hydrogen-bond donors (Lipinski definition) is 1. The lowest BCUT2D eigenvalue weighted by atomic mass is 10.1. The minimum Gasteiger partial charge on any atom is -0.508 e. The van der Waals surface area contributed by atoms with Crippen molar-refractivity contribution < 1.29 is 14.6 Å². The molecule has 1 aromatic carbocycles. The van der Waals surface area contributed by atoms with E-state index in [-0.39, 0.29) is 24.2 Å². The summed E-state index contributed by atoms with van der Waals surface area (Å²) in [7, 11) is 0. The molecule has 20 heavy (non-hydrogen) atoms. The molecule has 0 saturated carbocycles. The summed E-state index contributed by atoms with van der Waals surface area (Å²) in [5.74, 6) is 0.746. The first-order chi connectivity index (χ1) is 9.70. The zero-order valence-electron chi connectivity index (χ0n) is 11.4. The van der Waals surface area contributed by atoms with Gasteiger partial charge in [-0.3, -0.25) is 4.79 Å². The second-order valence-corrected chi connectivity index (χ2v) is 5.32. The Bertz CT molecular complexity index is 444. The monoisotopic (exact) mass is 297 g/mol. The number of halogens is 1. The zero-order valence-corrected chi connectivity index (χ0v) is 12.2. The molecule has 0 unspecified atom stereocenters. The van der Waals surface area contributed by atoms with Gasteiger partial charge in [0, 0.05) is 24.5 Å². The number of amides is 1. The third-order valence-corrected chi connectivity index (χ3v) is 3.71. The van der Waals surface area contributed by atoms with Crippen molar-refractivity contribution in [2.75, 3.05) is 25.6 Å². The lowest BCUT2D eigenvalue weighted by Gasteiger charge is -2.32. The molecule has 0 atom stereocenters. The summed E-state index contributed by atoms with van der Waals surface area (Å²) >= 11 is 5.59. The number of likely N-dealkylation sites (tertiary alicyclic amines) is 1. The number of carbonyl (C=O) groups is 1. The van der Waals surface area contributed by atoms with E-state index < -0.39 is 0 Å². The largest absolute Gasteiger partial charge is 0.508 e. The Morgan fingerprint density at radius 1 is 1.35 bits per heavy atom. The van der Waals surface area contributed by atoms with Crippen LogP contribution < -0.4 is 0 Å². The van der Waals surface area contributed by atoms with E-state index in [4.69, 9.17) is 16.3 Å². The molecule has 2 rings (SSSR count). The van der Waals surface area contributed by atoms with Gasteiger partial charge in [-0.2, -0.15) is 0 Å². The van der Waals surface area contributed by atoms with Crippen molar-refractivity contribution in [1.82, 2.24) is 4.90 Å². The second kappa shape index (κ2) is 7.50. The predicted octanol–water partition coefficient (Wildman–Crippen LogP) is 2.18. The molecule has 0 bridgehead atoms. The Kier molecular flexibility index (Phi) is 5.68. The maximum atomic E-state index is 12.2. The highest BCUT2D eigenvalue weighted by molar-refractivity contribution is 6.17. The molecular formula is C15H20ClNO3. The SMILES string of the molecule is O=C(Cc1ccccc1O)N1CCC(OCCCl)CC1. The van der Waals surface area contributed by atoms with Gasteiger partial charge in [0.1, 0.15) is 5.75 Å². The average Bonchev–Trinajstić information content (AvgIpc) is 2.48. The molecule has 1 N–H and O–H groups in total. The number of rotatable bonds is 5. The molecule has 0 aromatic heterocycles. The number of para-hydroxylation sites is 1. The van der Waals surface area contributed by atoms with E-state index in [2.05, 4.69) is 0 Å². The minimum atomic E-state index is 0.0577. The Hall–Kier alpha value is -1.26. The van der Waals surface area contributed by atoms with Gasteiger partial charge in [0.15, 0.2) is 0 Å². The van der Waals surface area contributed by atoms with E-state index in [9.17, 15) is 9.90 Å². The number of hydrogen-bond acceptors (Lipinski definition) is 3. The Balaban J connectivity index is 1.82. The lowest BCUT2D eigenvalue weighted by Crippen LogP contribution is -2.41. The average molecular weight is 298 g/mol. The van der Waals surface area contributed by atoms with Crippen LogP contribution in [-0.4, -0.2) is 47.6 Å². The molecule has 0 spiro atoms. The normalized spacial score (nSPS) is 16.4.